The van der Waals surface area contributed by atoms with Gasteiger partial charge in [-0.25, -0.2) is 0 Å². The van der Waals surface area contributed by atoms with Crippen molar-refractivity contribution in [2.45, 2.75) is 44.4 Å². The molecular formula is C17H22ClIN2O2S. The number of nitrogens with zero attached hydrogens (tertiary/aromatic N) is 1. The molecule has 0 aliphatic heterocycles. The number of thioether (sulfide) groups is 1. The first-order valence-corrected chi connectivity index (χ1v) is 10.6. The molecule has 132 valence electrons. The van der Waals surface area contributed by atoms with Crippen LogP contribution in [0, 0.1) is 9.62 Å². The van der Waals surface area contributed by atoms with Gasteiger partial charge in [0, 0.05) is 16.0 Å². The Kier molecular flexibility index (Phi) is 8.16. The average molecular weight is 481 g/mol. The van der Waals surface area contributed by atoms with Crippen LogP contribution in [0.1, 0.15) is 39.5 Å². The second kappa shape index (κ2) is 9.87. The molecule has 24 heavy (non-hydrogen) atoms. The summed E-state index contributed by atoms with van der Waals surface area (Å²) in [5.41, 5.74) is 0.776. The lowest BCUT2D eigenvalue weighted by atomic mass is 10.1. The number of ether oxygens (including phenoxy) is 1. The molecule has 0 saturated heterocycles. The Morgan fingerprint density at radius 1 is 1.50 bits per heavy atom. The number of benzene rings is 1. The Hall–Kier alpha value is -0.470. The number of carbonyl (C=O) groups excluding carboxylic acids is 1. The highest BCUT2D eigenvalue weighted by Gasteiger charge is 2.12. The molecule has 2 rings (SSSR count). The summed E-state index contributed by atoms with van der Waals surface area (Å²) < 4.78 is 6.31. The number of fused-ring (bicyclic) bond motifs is 1. The van der Waals surface area contributed by atoms with E-state index in [4.69, 9.17) is 16.3 Å². The lowest BCUT2D eigenvalue weighted by Crippen LogP contribution is -2.12. The predicted molar refractivity (Wildman–Crippen MR) is 109 cm³/mol. The molecule has 1 unspecified atom stereocenters. The Morgan fingerprint density at radius 3 is 3.04 bits per heavy atom. The van der Waals surface area contributed by atoms with Gasteiger partial charge in [0.2, 0.25) is 0 Å². The van der Waals surface area contributed by atoms with Crippen LogP contribution in [0.25, 0.3) is 10.9 Å². The van der Waals surface area contributed by atoms with Crippen LogP contribution in [-0.4, -0.2) is 28.5 Å². The second-order valence-corrected chi connectivity index (χ2v) is 8.43. The minimum absolute atomic E-state index is 0.141. The molecular weight excluding hydrogens is 459 g/mol. The van der Waals surface area contributed by atoms with E-state index in [2.05, 4.69) is 46.6 Å². The number of nitrogens with one attached hydrogen (secondary N) is 1. The molecule has 0 aliphatic carbocycles. The summed E-state index contributed by atoms with van der Waals surface area (Å²) in [5.74, 6) is 0.937. The summed E-state index contributed by atoms with van der Waals surface area (Å²) in [4.78, 5) is 12.8. The first kappa shape index (κ1) is 19.8. The molecule has 2 aromatic rings. The van der Waals surface area contributed by atoms with Gasteiger partial charge in [-0.1, -0.05) is 38.3 Å². The molecule has 4 nitrogen and oxygen atoms in total. The molecule has 1 aromatic carbocycles. The number of aromatic amines is 1. The van der Waals surface area contributed by atoms with E-state index in [0.717, 1.165) is 25.9 Å². The van der Waals surface area contributed by atoms with Gasteiger partial charge in [0.25, 0.3) is 0 Å². The highest BCUT2D eigenvalue weighted by atomic mass is 127. The summed E-state index contributed by atoms with van der Waals surface area (Å²) in [6, 6.07) is 3.98. The Balaban J connectivity index is 1.77. The first-order chi connectivity index (χ1) is 11.5. The minimum atomic E-state index is -0.141. The largest absolute Gasteiger partial charge is 0.465 e. The molecule has 1 heterocycles. The number of unbranched alkanes of at least 4 members (excludes halogenated alkanes) is 1. The van der Waals surface area contributed by atoms with Gasteiger partial charge in [0.05, 0.1) is 18.1 Å². The van der Waals surface area contributed by atoms with E-state index in [1.165, 1.54) is 12.8 Å². The third-order valence-electron chi connectivity index (χ3n) is 3.73. The predicted octanol–water partition coefficient (Wildman–Crippen LogP) is 5.67. The molecule has 0 fully saturated rings. The fourth-order valence-electron chi connectivity index (χ4n) is 2.30. The fraction of sp³-hybridized carbons (Fsp3) is 0.529. The molecule has 0 aliphatic rings. The molecule has 0 bridgehead atoms. The van der Waals surface area contributed by atoms with Crippen molar-refractivity contribution in [3.8, 4) is 0 Å². The van der Waals surface area contributed by atoms with E-state index in [1.54, 1.807) is 11.8 Å². The zero-order valence-electron chi connectivity index (χ0n) is 13.9. The lowest BCUT2D eigenvalue weighted by Gasteiger charge is -2.11. The van der Waals surface area contributed by atoms with E-state index >= 15 is 0 Å². The maximum Gasteiger partial charge on any atom is 0.306 e. The van der Waals surface area contributed by atoms with Gasteiger partial charge in [-0.3, -0.25) is 9.89 Å². The van der Waals surface area contributed by atoms with Gasteiger partial charge in [0.15, 0.2) is 0 Å². The quantitative estimate of drug-likeness (QED) is 0.285. The third kappa shape index (κ3) is 5.52. The zero-order chi connectivity index (χ0) is 17.5. The Morgan fingerprint density at radius 2 is 2.29 bits per heavy atom. The van der Waals surface area contributed by atoms with Crippen molar-refractivity contribution < 1.29 is 9.53 Å². The average Bonchev–Trinajstić information content (AvgIpc) is 2.95. The van der Waals surface area contributed by atoms with Crippen molar-refractivity contribution in [1.82, 2.24) is 10.2 Å². The van der Waals surface area contributed by atoms with E-state index in [9.17, 15) is 4.79 Å². The van der Waals surface area contributed by atoms with Crippen molar-refractivity contribution >= 4 is 62.8 Å². The van der Waals surface area contributed by atoms with Crippen molar-refractivity contribution in [2.24, 2.45) is 5.92 Å². The van der Waals surface area contributed by atoms with Crippen LogP contribution < -0.4 is 0 Å². The lowest BCUT2D eigenvalue weighted by molar-refractivity contribution is -0.144. The second-order valence-electron chi connectivity index (χ2n) is 5.84. The summed E-state index contributed by atoms with van der Waals surface area (Å²) in [7, 11) is 0. The van der Waals surface area contributed by atoms with Gasteiger partial charge < -0.3 is 4.74 Å². The topological polar surface area (TPSA) is 55.0 Å². The smallest absolute Gasteiger partial charge is 0.306 e. The molecule has 0 saturated carbocycles. The van der Waals surface area contributed by atoms with Gasteiger partial charge in [-0.05, 0) is 47.1 Å². The number of halogens is 2. The van der Waals surface area contributed by atoms with Crippen molar-refractivity contribution in [3.05, 3.63) is 20.9 Å². The maximum absolute atomic E-state index is 11.8. The molecule has 1 aromatic heterocycles. The maximum atomic E-state index is 11.8. The van der Waals surface area contributed by atoms with Crippen molar-refractivity contribution in [2.75, 3.05) is 12.4 Å². The van der Waals surface area contributed by atoms with Crippen LogP contribution in [0.3, 0.4) is 0 Å². The van der Waals surface area contributed by atoms with Crippen LogP contribution in [-0.2, 0) is 9.53 Å². The number of hydrogen-bond donors (Lipinski definition) is 1. The van der Waals surface area contributed by atoms with Gasteiger partial charge >= 0.3 is 5.97 Å². The van der Waals surface area contributed by atoms with Gasteiger partial charge in [-0.15, -0.1) is 11.8 Å². The summed E-state index contributed by atoms with van der Waals surface area (Å²) in [6.45, 7) is 4.81. The monoisotopic (exact) mass is 480 g/mol. The Bertz CT molecular complexity index is 693. The Labute approximate surface area is 165 Å². The molecule has 0 radical (unpaired) electrons. The van der Waals surface area contributed by atoms with Crippen molar-refractivity contribution in [3.63, 3.8) is 0 Å². The minimum Gasteiger partial charge on any atom is -0.465 e. The number of rotatable bonds is 9. The van der Waals surface area contributed by atoms with Crippen molar-refractivity contribution in [1.29, 1.82) is 0 Å². The van der Waals surface area contributed by atoms with Gasteiger partial charge in [-0.2, -0.15) is 5.10 Å². The third-order valence-corrected chi connectivity index (χ3v) is 6.10. The van der Waals surface area contributed by atoms with Crippen LogP contribution in [0.4, 0.5) is 0 Å². The van der Waals surface area contributed by atoms with Crippen LogP contribution in [0.15, 0.2) is 17.0 Å². The summed E-state index contributed by atoms with van der Waals surface area (Å²) in [6.07, 6.45) is 3.85. The number of carbonyl (C=O) groups is 1. The molecule has 7 heteroatoms. The summed E-state index contributed by atoms with van der Waals surface area (Å²) in [5, 5.41) is 8.81. The van der Waals surface area contributed by atoms with Crippen LogP contribution in [0.2, 0.25) is 5.02 Å². The molecule has 0 amide bonds. The fourth-order valence-corrected chi connectivity index (χ4v) is 4.10. The van der Waals surface area contributed by atoms with Crippen LogP contribution in [0.5, 0.6) is 0 Å². The SMILES string of the molecule is CCCCC(C)COC(=O)CCSc1ccc2c(I)[nH]nc2c1Cl. The number of aromatic nitrogens is 2. The molecule has 1 N–H and O–H groups in total. The van der Waals surface area contributed by atoms with E-state index in [-0.39, 0.29) is 5.97 Å². The summed E-state index contributed by atoms with van der Waals surface area (Å²) >= 11 is 10.2. The van der Waals surface area contributed by atoms with E-state index in [0.29, 0.717) is 29.7 Å². The van der Waals surface area contributed by atoms with E-state index < -0.39 is 0 Å². The number of H-pyrrole nitrogens is 1. The highest BCUT2D eigenvalue weighted by Crippen LogP contribution is 2.34. The van der Waals surface area contributed by atoms with Crippen LogP contribution >= 0.6 is 46.0 Å². The number of esters is 1. The normalized spacial score (nSPS) is 12.5. The number of hydrogen-bond acceptors (Lipinski definition) is 4. The molecule has 1 atom stereocenters. The van der Waals surface area contributed by atoms with Gasteiger partial charge in [0.1, 0.15) is 9.22 Å². The molecule has 0 spiro atoms. The first-order valence-electron chi connectivity index (χ1n) is 8.13. The highest BCUT2D eigenvalue weighted by molar-refractivity contribution is 14.1. The standard InChI is InChI=1S/C17H22ClIN2O2S/c1-3-4-5-11(2)10-23-14(22)8-9-24-13-7-6-12-16(15(13)18)20-21-17(12)19/h6-7,11H,3-5,8-10H2,1-2H3,(H,20,21). The zero-order valence-corrected chi connectivity index (χ0v) is 17.6. The van der Waals surface area contributed by atoms with E-state index in [1.807, 2.05) is 12.1 Å².